The Bertz CT molecular complexity index is 697. The Labute approximate surface area is 150 Å². The van der Waals surface area contributed by atoms with E-state index >= 15 is 0 Å². The quantitative estimate of drug-likeness (QED) is 0.799. The van der Waals surface area contributed by atoms with Crippen LogP contribution in [0.5, 0.6) is 0 Å². The number of anilines is 1. The number of nitrogens with zero attached hydrogens (tertiary/aromatic N) is 1. The SMILES string of the molecule is COC(=O)c1c(C2CC2)csc1NC(=O)N1CC(C)CC(C(=O)O)C1. The van der Waals surface area contributed by atoms with Crippen LogP contribution < -0.4 is 5.32 Å². The van der Waals surface area contributed by atoms with Gasteiger partial charge in [-0.25, -0.2) is 9.59 Å². The van der Waals surface area contributed by atoms with E-state index in [-0.39, 0.29) is 18.5 Å². The molecule has 1 aromatic rings. The van der Waals surface area contributed by atoms with Crippen LogP contribution in [0.25, 0.3) is 0 Å². The summed E-state index contributed by atoms with van der Waals surface area (Å²) in [6.07, 6.45) is 2.65. The van der Waals surface area contributed by atoms with Crippen LogP contribution in [0.3, 0.4) is 0 Å². The summed E-state index contributed by atoms with van der Waals surface area (Å²) in [6.45, 7) is 2.62. The fourth-order valence-electron chi connectivity index (χ4n) is 3.34. The number of likely N-dealkylation sites (tertiary alicyclic amines) is 1. The molecule has 2 fully saturated rings. The number of thiophene rings is 1. The molecule has 0 aromatic carbocycles. The van der Waals surface area contributed by atoms with E-state index in [1.807, 2.05) is 12.3 Å². The number of hydrogen-bond donors (Lipinski definition) is 2. The van der Waals surface area contributed by atoms with E-state index in [1.54, 1.807) is 0 Å². The lowest BCUT2D eigenvalue weighted by Gasteiger charge is -2.34. The summed E-state index contributed by atoms with van der Waals surface area (Å²) in [5.74, 6) is -1.41. The molecular formula is C17H22N2O5S. The summed E-state index contributed by atoms with van der Waals surface area (Å²) in [5, 5.41) is 14.4. The van der Waals surface area contributed by atoms with Gasteiger partial charge >= 0.3 is 18.0 Å². The third-order valence-corrected chi connectivity index (χ3v) is 5.66. The molecule has 2 N–H and O–H groups in total. The number of methoxy groups -OCH3 is 1. The minimum atomic E-state index is -0.883. The largest absolute Gasteiger partial charge is 0.481 e. The number of carbonyl (C=O) groups excluding carboxylic acids is 2. The van der Waals surface area contributed by atoms with Crippen molar-refractivity contribution in [3.05, 3.63) is 16.5 Å². The average molecular weight is 366 g/mol. The maximum absolute atomic E-state index is 12.6. The number of ether oxygens (including phenoxy) is 1. The number of rotatable bonds is 4. The smallest absolute Gasteiger partial charge is 0.341 e. The van der Waals surface area contributed by atoms with Gasteiger partial charge in [-0.15, -0.1) is 11.3 Å². The number of carboxylic acids is 1. The highest BCUT2D eigenvalue weighted by molar-refractivity contribution is 7.15. The summed E-state index contributed by atoms with van der Waals surface area (Å²) >= 11 is 1.31. The van der Waals surface area contributed by atoms with Gasteiger partial charge in [0.2, 0.25) is 0 Å². The molecule has 8 heteroatoms. The number of hydrogen-bond acceptors (Lipinski definition) is 5. The molecule has 0 radical (unpaired) electrons. The molecule has 1 aliphatic carbocycles. The number of piperidine rings is 1. The standard InChI is InChI=1S/C17H22N2O5S/c1-9-5-11(15(20)21)7-19(6-9)17(23)18-14-13(16(22)24-2)12(8-25-14)10-3-4-10/h8-11H,3-7H2,1-2H3,(H,18,23)(H,20,21). The van der Waals surface area contributed by atoms with E-state index in [2.05, 4.69) is 5.32 Å². The van der Waals surface area contributed by atoms with E-state index < -0.39 is 17.9 Å². The Morgan fingerprint density at radius 1 is 1.32 bits per heavy atom. The van der Waals surface area contributed by atoms with Crippen molar-refractivity contribution in [3.63, 3.8) is 0 Å². The Morgan fingerprint density at radius 2 is 2.04 bits per heavy atom. The molecule has 25 heavy (non-hydrogen) atoms. The van der Waals surface area contributed by atoms with Crippen molar-refractivity contribution in [2.75, 3.05) is 25.5 Å². The van der Waals surface area contributed by atoms with E-state index in [1.165, 1.54) is 23.3 Å². The molecule has 0 spiro atoms. The molecule has 7 nitrogen and oxygen atoms in total. The topological polar surface area (TPSA) is 95.9 Å². The van der Waals surface area contributed by atoms with Gasteiger partial charge in [0.1, 0.15) is 5.00 Å². The molecular weight excluding hydrogens is 344 g/mol. The van der Waals surface area contributed by atoms with Gasteiger partial charge in [0, 0.05) is 13.1 Å². The molecule has 1 saturated carbocycles. The van der Waals surface area contributed by atoms with Gasteiger partial charge in [-0.1, -0.05) is 6.92 Å². The number of carbonyl (C=O) groups is 3. The molecule has 2 unspecified atom stereocenters. The summed E-state index contributed by atoms with van der Waals surface area (Å²) in [5.41, 5.74) is 1.37. The van der Waals surface area contributed by atoms with E-state index in [4.69, 9.17) is 4.74 Å². The number of aliphatic carboxylic acids is 1. The fourth-order valence-corrected chi connectivity index (χ4v) is 4.36. The lowest BCUT2D eigenvalue weighted by molar-refractivity contribution is -0.143. The predicted molar refractivity (Wildman–Crippen MR) is 93.1 cm³/mol. The summed E-state index contributed by atoms with van der Waals surface area (Å²) in [6, 6.07) is -0.368. The molecule has 1 aliphatic heterocycles. The van der Waals surface area contributed by atoms with Crippen molar-refractivity contribution in [2.24, 2.45) is 11.8 Å². The molecule has 2 atom stereocenters. The van der Waals surface area contributed by atoms with Crippen LogP contribution in [0.15, 0.2) is 5.38 Å². The highest BCUT2D eigenvalue weighted by Crippen LogP contribution is 2.46. The van der Waals surface area contributed by atoms with Crippen molar-refractivity contribution in [1.29, 1.82) is 0 Å². The zero-order valence-corrected chi connectivity index (χ0v) is 15.1. The van der Waals surface area contributed by atoms with Crippen LogP contribution >= 0.6 is 11.3 Å². The number of amides is 2. The van der Waals surface area contributed by atoms with Crippen molar-refractivity contribution >= 4 is 34.3 Å². The Kier molecular flexibility index (Phi) is 4.99. The maximum atomic E-state index is 12.6. The zero-order chi connectivity index (χ0) is 18.1. The normalized spacial score (nSPS) is 23.2. The van der Waals surface area contributed by atoms with Gasteiger partial charge < -0.3 is 14.7 Å². The van der Waals surface area contributed by atoms with Gasteiger partial charge in [-0.3, -0.25) is 10.1 Å². The molecule has 2 aliphatic rings. The minimum Gasteiger partial charge on any atom is -0.481 e. The average Bonchev–Trinajstić information content (AvgIpc) is 3.34. The van der Waals surface area contributed by atoms with Crippen LogP contribution in [-0.4, -0.2) is 48.2 Å². The van der Waals surface area contributed by atoms with Gasteiger partial charge in [-0.2, -0.15) is 0 Å². The van der Waals surface area contributed by atoms with Gasteiger partial charge in [0.15, 0.2) is 0 Å². The molecule has 2 heterocycles. The second kappa shape index (κ2) is 7.03. The molecule has 1 aromatic heterocycles. The first-order valence-corrected chi connectivity index (χ1v) is 9.27. The van der Waals surface area contributed by atoms with Gasteiger partial charge in [0.05, 0.1) is 18.6 Å². The first-order valence-electron chi connectivity index (χ1n) is 8.39. The van der Waals surface area contributed by atoms with Gasteiger partial charge in [-0.05, 0) is 42.0 Å². The molecule has 2 amide bonds. The highest BCUT2D eigenvalue weighted by atomic mass is 32.1. The summed E-state index contributed by atoms with van der Waals surface area (Å²) in [7, 11) is 1.33. The first-order chi connectivity index (χ1) is 11.9. The van der Waals surface area contributed by atoms with Crippen LogP contribution in [0.4, 0.5) is 9.80 Å². The second-order valence-corrected chi connectivity index (χ2v) is 7.75. The van der Waals surface area contributed by atoms with Crippen molar-refractivity contribution in [1.82, 2.24) is 4.90 Å². The van der Waals surface area contributed by atoms with Crippen LogP contribution in [0, 0.1) is 11.8 Å². The monoisotopic (exact) mass is 366 g/mol. The Balaban J connectivity index is 1.76. The number of carboxylic acid groups (broad SMARTS) is 1. The van der Waals surface area contributed by atoms with E-state index in [9.17, 15) is 19.5 Å². The fraction of sp³-hybridized carbons (Fsp3) is 0.588. The molecule has 1 saturated heterocycles. The van der Waals surface area contributed by atoms with Crippen molar-refractivity contribution < 1.29 is 24.2 Å². The lowest BCUT2D eigenvalue weighted by atomic mass is 9.91. The summed E-state index contributed by atoms with van der Waals surface area (Å²) < 4.78 is 4.87. The lowest BCUT2D eigenvalue weighted by Crippen LogP contribution is -2.47. The third-order valence-electron chi connectivity index (χ3n) is 4.74. The predicted octanol–water partition coefficient (Wildman–Crippen LogP) is 2.99. The number of esters is 1. The minimum absolute atomic E-state index is 0.117. The van der Waals surface area contributed by atoms with Crippen molar-refractivity contribution in [2.45, 2.75) is 32.1 Å². The van der Waals surface area contributed by atoms with Crippen LogP contribution in [0.1, 0.15) is 48.0 Å². The maximum Gasteiger partial charge on any atom is 0.341 e. The molecule has 0 bridgehead atoms. The van der Waals surface area contributed by atoms with Gasteiger partial charge in [0.25, 0.3) is 0 Å². The third kappa shape index (κ3) is 3.78. The highest BCUT2D eigenvalue weighted by Gasteiger charge is 2.35. The van der Waals surface area contributed by atoms with E-state index in [0.29, 0.717) is 29.4 Å². The second-order valence-electron chi connectivity index (χ2n) is 6.87. The Morgan fingerprint density at radius 3 is 2.64 bits per heavy atom. The molecule has 136 valence electrons. The van der Waals surface area contributed by atoms with Crippen molar-refractivity contribution in [3.8, 4) is 0 Å². The zero-order valence-electron chi connectivity index (χ0n) is 14.3. The Hall–Kier alpha value is -2.09. The first kappa shape index (κ1) is 17.7. The molecule has 3 rings (SSSR count). The van der Waals surface area contributed by atoms with E-state index in [0.717, 1.165) is 18.4 Å². The summed E-state index contributed by atoms with van der Waals surface area (Å²) in [4.78, 5) is 37.6. The number of nitrogens with one attached hydrogen (secondary N) is 1. The van der Waals surface area contributed by atoms with Crippen LogP contribution in [0.2, 0.25) is 0 Å². The number of urea groups is 1. The van der Waals surface area contributed by atoms with Crippen LogP contribution in [-0.2, 0) is 9.53 Å².